The van der Waals surface area contributed by atoms with Crippen molar-refractivity contribution in [1.29, 1.82) is 0 Å². The monoisotopic (exact) mass is 534 g/mol. The summed E-state index contributed by atoms with van der Waals surface area (Å²) < 4.78 is 0. The van der Waals surface area contributed by atoms with Crippen molar-refractivity contribution in [3.8, 4) is 0 Å². The number of rotatable bonds is 11. The molecular weight excluding hydrogens is 484 g/mol. The van der Waals surface area contributed by atoms with E-state index in [4.69, 9.17) is 0 Å². The Morgan fingerprint density at radius 1 is 0.872 bits per heavy atom. The summed E-state index contributed by atoms with van der Waals surface area (Å²) in [7, 11) is 0. The van der Waals surface area contributed by atoms with E-state index < -0.39 is 0 Å². The predicted molar refractivity (Wildman–Crippen MR) is 161 cm³/mol. The van der Waals surface area contributed by atoms with Crippen LogP contribution in [0.2, 0.25) is 0 Å². The van der Waals surface area contributed by atoms with Crippen LogP contribution in [0.15, 0.2) is 48.5 Å². The summed E-state index contributed by atoms with van der Waals surface area (Å²) in [5, 5.41) is 0. The quantitative estimate of drug-likeness (QED) is 0.272. The van der Waals surface area contributed by atoms with Gasteiger partial charge >= 0.3 is 0 Å². The zero-order chi connectivity index (χ0) is 29.4. The molecule has 214 valence electrons. The summed E-state index contributed by atoms with van der Waals surface area (Å²) in [6.07, 6.45) is 7.02. The highest BCUT2D eigenvalue weighted by molar-refractivity contribution is 6.00. The maximum atomic E-state index is 12.7. The lowest BCUT2D eigenvalue weighted by Crippen LogP contribution is -2.29. The minimum Gasteiger partial charge on any atom is -0.300 e. The second-order valence-corrected chi connectivity index (χ2v) is 11.0. The van der Waals surface area contributed by atoms with Crippen LogP contribution < -0.4 is 0 Å². The third-order valence-corrected chi connectivity index (χ3v) is 7.06. The van der Waals surface area contributed by atoms with Gasteiger partial charge in [-0.15, -0.1) is 0 Å². The van der Waals surface area contributed by atoms with Crippen molar-refractivity contribution >= 4 is 23.1 Å². The van der Waals surface area contributed by atoms with Crippen LogP contribution in [0.5, 0.6) is 0 Å². The molecule has 0 saturated heterocycles. The molecular formula is C35H50O4. The van der Waals surface area contributed by atoms with Gasteiger partial charge < -0.3 is 0 Å². The van der Waals surface area contributed by atoms with Crippen molar-refractivity contribution in [3.05, 3.63) is 70.8 Å². The molecule has 0 radical (unpaired) electrons. The first kappa shape index (κ1) is 34.1. The van der Waals surface area contributed by atoms with Crippen LogP contribution in [-0.4, -0.2) is 23.1 Å². The Labute approximate surface area is 237 Å². The number of aryl methyl sites for hydroxylation is 1. The van der Waals surface area contributed by atoms with Crippen LogP contribution in [0.25, 0.3) is 0 Å². The maximum Gasteiger partial charge on any atom is 0.163 e. The molecule has 0 aliphatic heterocycles. The first-order valence-corrected chi connectivity index (χ1v) is 14.7. The van der Waals surface area contributed by atoms with Crippen LogP contribution in [0, 0.1) is 24.7 Å². The van der Waals surface area contributed by atoms with Gasteiger partial charge in [-0.05, 0) is 68.6 Å². The summed E-state index contributed by atoms with van der Waals surface area (Å²) in [5.41, 5.74) is 4.23. The Kier molecular flexibility index (Phi) is 16.1. The fourth-order valence-electron chi connectivity index (χ4n) is 5.58. The fraction of sp³-hybridized carbons (Fsp3) is 0.543. The minimum atomic E-state index is -0.0622. The number of hydrogen-bond donors (Lipinski definition) is 0. The molecule has 0 saturated carbocycles. The average molecular weight is 535 g/mol. The molecule has 0 spiro atoms. The Balaban J connectivity index is 0.000000483. The number of ketones is 4. The molecule has 2 aromatic carbocycles. The van der Waals surface area contributed by atoms with Crippen LogP contribution >= 0.6 is 0 Å². The minimum absolute atomic E-state index is 0.0460. The van der Waals surface area contributed by atoms with Gasteiger partial charge in [-0.1, -0.05) is 95.5 Å². The van der Waals surface area contributed by atoms with E-state index in [1.54, 1.807) is 6.92 Å². The number of benzene rings is 2. The number of fused-ring (bicyclic) bond motifs is 1. The van der Waals surface area contributed by atoms with Gasteiger partial charge in [-0.2, -0.15) is 0 Å². The second-order valence-electron chi connectivity index (χ2n) is 11.0. The van der Waals surface area contributed by atoms with Crippen molar-refractivity contribution < 1.29 is 19.2 Å². The lowest BCUT2D eigenvalue weighted by molar-refractivity contribution is -0.130. The molecule has 0 amide bonds. The summed E-state index contributed by atoms with van der Waals surface area (Å²) >= 11 is 0. The van der Waals surface area contributed by atoms with E-state index in [-0.39, 0.29) is 41.4 Å². The molecule has 0 bridgehead atoms. The number of hydrogen-bond acceptors (Lipinski definition) is 4. The fourth-order valence-corrected chi connectivity index (χ4v) is 5.58. The first-order chi connectivity index (χ1) is 18.6. The van der Waals surface area contributed by atoms with Gasteiger partial charge in [0.25, 0.3) is 0 Å². The Bertz CT molecular complexity index is 1050. The summed E-state index contributed by atoms with van der Waals surface area (Å²) in [6, 6.07) is 15.9. The van der Waals surface area contributed by atoms with E-state index in [0.29, 0.717) is 18.8 Å². The van der Waals surface area contributed by atoms with Crippen LogP contribution in [0.4, 0.5) is 0 Å². The Morgan fingerprint density at radius 2 is 1.51 bits per heavy atom. The van der Waals surface area contributed by atoms with Crippen molar-refractivity contribution in [3.63, 3.8) is 0 Å². The maximum absolute atomic E-state index is 12.7. The first-order valence-electron chi connectivity index (χ1n) is 14.7. The molecule has 0 fully saturated rings. The van der Waals surface area contributed by atoms with Gasteiger partial charge in [0.15, 0.2) is 5.78 Å². The highest BCUT2D eigenvalue weighted by atomic mass is 16.1. The second kappa shape index (κ2) is 18.4. The van der Waals surface area contributed by atoms with E-state index in [2.05, 4.69) is 26.8 Å². The number of carbonyl (C=O) groups is 4. The van der Waals surface area contributed by atoms with E-state index in [0.717, 1.165) is 54.4 Å². The molecule has 4 heteroatoms. The molecule has 3 atom stereocenters. The van der Waals surface area contributed by atoms with Gasteiger partial charge in [0.2, 0.25) is 0 Å². The molecule has 4 nitrogen and oxygen atoms in total. The Hall–Kier alpha value is -2.88. The third kappa shape index (κ3) is 12.2. The van der Waals surface area contributed by atoms with Gasteiger partial charge in [0.05, 0.1) is 6.42 Å². The average Bonchev–Trinajstić information content (AvgIpc) is 2.85. The molecule has 1 aliphatic rings. The van der Waals surface area contributed by atoms with Gasteiger partial charge in [-0.25, -0.2) is 0 Å². The molecule has 0 heterocycles. The Morgan fingerprint density at radius 3 is 2.05 bits per heavy atom. The lowest BCUT2D eigenvalue weighted by atomic mass is 9.72. The number of carbonyl (C=O) groups excluding carboxylic acids is 4. The van der Waals surface area contributed by atoms with E-state index in [1.165, 1.54) is 13.3 Å². The largest absolute Gasteiger partial charge is 0.300 e. The predicted octanol–water partition coefficient (Wildman–Crippen LogP) is 8.36. The van der Waals surface area contributed by atoms with Crippen LogP contribution in [0.1, 0.15) is 114 Å². The summed E-state index contributed by atoms with van der Waals surface area (Å²) in [4.78, 5) is 47.2. The molecule has 3 rings (SSSR count). The van der Waals surface area contributed by atoms with Crippen LogP contribution in [0.3, 0.4) is 0 Å². The zero-order valence-electron chi connectivity index (χ0n) is 25.3. The normalized spacial score (nSPS) is 15.5. The van der Waals surface area contributed by atoms with E-state index >= 15 is 0 Å². The zero-order valence-corrected chi connectivity index (χ0v) is 25.3. The molecule has 2 aromatic rings. The molecule has 0 N–H and O–H groups in total. The van der Waals surface area contributed by atoms with Gasteiger partial charge in [-0.3, -0.25) is 19.2 Å². The SMILES string of the molecule is CC(=O)Cc1ccccc1.CCC.CCCC(CC1CC(=O)c2c(C)cccc2C1)C(CC)C(=O)CC(C)=O. The molecule has 0 aromatic heterocycles. The third-order valence-electron chi connectivity index (χ3n) is 7.06. The van der Waals surface area contributed by atoms with Gasteiger partial charge in [0.1, 0.15) is 17.3 Å². The topological polar surface area (TPSA) is 68.3 Å². The van der Waals surface area contributed by atoms with E-state index in [9.17, 15) is 19.2 Å². The van der Waals surface area contributed by atoms with Crippen LogP contribution in [-0.2, 0) is 27.2 Å². The van der Waals surface area contributed by atoms with Crippen molar-refractivity contribution in [2.75, 3.05) is 0 Å². The van der Waals surface area contributed by atoms with Crippen molar-refractivity contribution in [1.82, 2.24) is 0 Å². The highest BCUT2D eigenvalue weighted by Crippen LogP contribution is 2.36. The molecule has 3 unspecified atom stereocenters. The smallest absolute Gasteiger partial charge is 0.163 e. The van der Waals surface area contributed by atoms with Crippen molar-refractivity contribution in [2.24, 2.45) is 17.8 Å². The molecule has 39 heavy (non-hydrogen) atoms. The number of Topliss-reactive ketones (excluding diaryl/α,β-unsaturated/α-hetero) is 4. The molecule has 1 aliphatic carbocycles. The van der Waals surface area contributed by atoms with Crippen molar-refractivity contribution in [2.45, 2.75) is 106 Å². The summed E-state index contributed by atoms with van der Waals surface area (Å²) in [6.45, 7) is 13.5. The lowest BCUT2D eigenvalue weighted by Gasteiger charge is -2.31. The summed E-state index contributed by atoms with van der Waals surface area (Å²) in [5.74, 6) is 0.984. The van der Waals surface area contributed by atoms with Gasteiger partial charge in [0, 0.05) is 24.3 Å². The highest BCUT2D eigenvalue weighted by Gasteiger charge is 2.32. The standard InChI is InChI=1S/C23H32O3.C9H10O.C3H8/c1-5-8-18(20(6-2)21(25)11-16(4)24)12-17-13-19-10-7-9-15(3)23(19)22(26)14-17;1-8(10)7-9-5-3-2-4-6-9;1-3-2/h7,9-10,17-18,20H,5-6,8,11-14H2,1-4H3;2-6H,7H2,1H3;3H2,1-2H3. The van der Waals surface area contributed by atoms with E-state index in [1.807, 2.05) is 56.3 Å².